The van der Waals surface area contributed by atoms with E-state index in [4.69, 9.17) is 21.4 Å². The van der Waals surface area contributed by atoms with Gasteiger partial charge in [-0.3, -0.25) is 4.79 Å². The summed E-state index contributed by atoms with van der Waals surface area (Å²) in [5.74, 6) is -1.17. The number of halogens is 1. The van der Waals surface area contributed by atoms with Crippen LogP contribution in [0.3, 0.4) is 0 Å². The predicted molar refractivity (Wildman–Crippen MR) is 82.9 cm³/mol. The number of rotatable bonds is 5. The predicted octanol–water partition coefficient (Wildman–Crippen LogP) is 2.36. The van der Waals surface area contributed by atoms with Crippen LogP contribution in [0.2, 0.25) is 5.02 Å². The number of nitrogens with zero attached hydrogens (tertiary/aromatic N) is 1. The minimum Gasteiger partial charge on any atom is -0.479 e. The molecule has 1 aromatic rings. The van der Waals surface area contributed by atoms with Gasteiger partial charge in [0.05, 0.1) is 0 Å². The lowest BCUT2D eigenvalue weighted by Crippen LogP contribution is -2.43. The van der Waals surface area contributed by atoms with E-state index in [9.17, 15) is 9.59 Å². The average molecular weight is 326 g/mol. The Morgan fingerprint density at radius 1 is 1.32 bits per heavy atom. The molecule has 0 saturated carbocycles. The lowest BCUT2D eigenvalue weighted by Gasteiger charge is -2.27. The number of amides is 1. The minimum atomic E-state index is -1.01. The minimum absolute atomic E-state index is 0.0128. The number of ether oxygens (including phenoxy) is 1. The monoisotopic (exact) mass is 325 g/mol. The second-order valence-electron chi connectivity index (χ2n) is 5.66. The van der Waals surface area contributed by atoms with Gasteiger partial charge in [-0.15, -0.1) is 0 Å². The molecule has 2 rings (SSSR count). The van der Waals surface area contributed by atoms with Crippen molar-refractivity contribution in [3.63, 3.8) is 0 Å². The van der Waals surface area contributed by atoms with E-state index in [2.05, 4.69) is 0 Å². The fourth-order valence-electron chi connectivity index (χ4n) is 2.54. The van der Waals surface area contributed by atoms with E-state index in [1.54, 1.807) is 11.9 Å². The van der Waals surface area contributed by atoms with Crippen LogP contribution in [0.4, 0.5) is 0 Å². The van der Waals surface area contributed by atoms with Gasteiger partial charge in [0.15, 0.2) is 6.10 Å². The number of aliphatic carboxylic acids is 1. The molecule has 6 heteroatoms. The standard InChI is InChI=1S/C16H20ClNO4/c1-10(9-11-3-5-12(17)6-4-11)18(2)15(19)13-7-8-14(22-13)16(20)21/h3-6,10,13-14H,7-9H2,1-2H3,(H,20,21)/t10?,13-,14+/m0/s1. The number of hydrogen-bond acceptors (Lipinski definition) is 3. The largest absolute Gasteiger partial charge is 0.479 e. The van der Waals surface area contributed by atoms with Gasteiger partial charge in [0.25, 0.3) is 5.91 Å². The van der Waals surface area contributed by atoms with Gasteiger partial charge in [0.1, 0.15) is 6.10 Å². The molecular formula is C16H20ClNO4. The third kappa shape index (κ3) is 3.99. The molecule has 0 spiro atoms. The Labute approximate surface area is 134 Å². The maximum atomic E-state index is 12.4. The van der Waals surface area contributed by atoms with E-state index in [0.29, 0.717) is 24.3 Å². The summed E-state index contributed by atoms with van der Waals surface area (Å²) in [7, 11) is 1.72. The van der Waals surface area contributed by atoms with Crippen molar-refractivity contribution in [3.05, 3.63) is 34.9 Å². The van der Waals surface area contributed by atoms with E-state index in [-0.39, 0.29) is 11.9 Å². The Morgan fingerprint density at radius 2 is 1.91 bits per heavy atom. The Balaban J connectivity index is 1.92. The van der Waals surface area contributed by atoms with Gasteiger partial charge in [0.2, 0.25) is 0 Å². The third-order valence-electron chi connectivity index (χ3n) is 4.02. The maximum absolute atomic E-state index is 12.4. The summed E-state index contributed by atoms with van der Waals surface area (Å²) in [6, 6.07) is 7.50. The van der Waals surface area contributed by atoms with Crippen LogP contribution in [0.1, 0.15) is 25.3 Å². The summed E-state index contributed by atoms with van der Waals surface area (Å²) in [4.78, 5) is 24.9. The number of carbonyl (C=O) groups excluding carboxylic acids is 1. The number of benzene rings is 1. The van der Waals surface area contributed by atoms with Gasteiger partial charge >= 0.3 is 5.97 Å². The lowest BCUT2D eigenvalue weighted by molar-refractivity contribution is -0.154. The van der Waals surface area contributed by atoms with Crippen molar-refractivity contribution in [1.82, 2.24) is 4.90 Å². The molecule has 1 amide bonds. The molecule has 5 nitrogen and oxygen atoms in total. The van der Waals surface area contributed by atoms with Gasteiger partial charge in [-0.2, -0.15) is 0 Å². The van der Waals surface area contributed by atoms with Gasteiger partial charge in [-0.05, 0) is 43.9 Å². The molecule has 3 atom stereocenters. The SMILES string of the molecule is CC(Cc1ccc(Cl)cc1)N(C)C(=O)[C@@H]1CC[C@H](C(=O)O)O1. The van der Waals surface area contributed by atoms with Crippen molar-refractivity contribution in [2.24, 2.45) is 0 Å². The first kappa shape index (κ1) is 16.8. The Hall–Kier alpha value is -1.59. The van der Waals surface area contributed by atoms with Crippen molar-refractivity contribution >= 4 is 23.5 Å². The fourth-order valence-corrected chi connectivity index (χ4v) is 2.67. The van der Waals surface area contributed by atoms with E-state index < -0.39 is 18.2 Å². The van der Waals surface area contributed by atoms with Gasteiger partial charge in [-0.25, -0.2) is 4.79 Å². The molecule has 1 heterocycles. The third-order valence-corrected chi connectivity index (χ3v) is 4.28. The molecule has 1 aliphatic rings. The second kappa shape index (κ2) is 7.11. The summed E-state index contributed by atoms with van der Waals surface area (Å²) >= 11 is 5.86. The van der Waals surface area contributed by atoms with Gasteiger partial charge in [-0.1, -0.05) is 23.7 Å². The lowest BCUT2D eigenvalue weighted by atomic mass is 10.1. The molecule has 0 aromatic heterocycles. The molecule has 1 saturated heterocycles. The summed E-state index contributed by atoms with van der Waals surface area (Å²) in [6.07, 6.45) is 0.0145. The Kier molecular flexibility index (Phi) is 5.42. The smallest absolute Gasteiger partial charge is 0.332 e. The molecule has 0 radical (unpaired) electrons. The van der Waals surface area contributed by atoms with E-state index >= 15 is 0 Å². The van der Waals surface area contributed by atoms with Crippen LogP contribution in [-0.4, -0.2) is 47.2 Å². The number of carboxylic acids is 1. The first-order valence-electron chi connectivity index (χ1n) is 7.28. The number of likely N-dealkylation sites (N-methyl/N-ethyl adjacent to an activating group) is 1. The van der Waals surface area contributed by atoms with Gasteiger partial charge < -0.3 is 14.7 Å². The fraction of sp³-hybridized carbons (Fsp3) is 0.500. The van der Waals surface area contributed by atoms with Crippen LogP contribution < -0.4 is 0 Å². The zero-order chi connectivity index (χ0) is 16.3. The first-order valence-corrected chi connectivity index (χ1v) is 7.65. The van der Waals surface area contributed by atoms with Crippen LogP contribution in [-0.2, 0) is 20.7 Å². The van der Waals surface area contributed by atoms with Crippen molar-refractivity contribution in [3.8, 4) is 0 Å². The average Bonchev–Trinajstić information content (AvgIpc) is 2.98. The topological polar surface area (TPSA) is 66.8 Å². The Morgan fingerprint density at radius 3 is 2.45 bits per heavy atom. The zero-order valence-electron chi connectivity index (χ0n) is 12.7. The highest BCUT2D eigenvalue weighted by Gasteiger charge is 2.36. The molecule has 22 heavy (non-hydrogen) atoms. The van der Waals surface area contributed by atoms with Crippen LogP contribution in [0, 0.1) is 0 Å². The molecule has 1 unspecified atom stereocenters. The highest BCUT2D eigenvalue weighted by molar-refractivity contribution is 6.30. The van der Waals surface area contributed by atoms with E-state index in [1.807, 2.05) is 31.2 Å². The van der Waals surface area contributed by atoms with Crippen LogP contribution in [0.5, 0.6) is 0 Å². The molecule has 120 valence electrons. The first-order chi connectivity index (χ1) is 10.4. The summed E-state index contributed by atoms with van der Waals surface area (Å²) < 4.78 is 5.31. The van der Waals surface area contributed by atoms with Crippen LogP contribution in [0.15, 0.2) is 24.3 Å². The van der Waals surface area contributed by atoms with Gasteiger partial charge in [0, 0.05) is 18.1 Å². The molecule has 1 fully saturated rings. The second-order valence-corrected chi connectivity index (χ2v) is 6.09. The Bertz CT molecular complexity index is 546. The van der Waals surface area contributed by atoms with Crippen LogP contribution >= 0.6 is 11.6 Å². The van der Waals surface area contributed by atoms with Crippen LogP contribution in [0.25, 0.3) is 0 Å². The number of carboxylic acid groups (broad SMARTS) is 1. The molecular weight excluding hydrogens is 306 g/mol. The zero-order valence-corrected chi connectivity index (χ0v) is 13.4. The summed E-state index contributed by atoms with van der Waals surface area (Å²) in [5.41, 5.74) is 1.09. The maximum Gasteiger partial charge on any atom is 0.332 e. The molecule has 1 aliphatic heterocycles. The number of hydrogen-bond donors (Lipinski definition) is 1. The molecule has 1 N–H and O–H groups in total. The normalized spacial score (nSPS) is 22.3. The van der Waals surface area contributed by atoms with E-state index in [1.165, 1.54) is 0 Å². The van der Waals surface area contributed by atoms with E-state index in [0.717, 1.165) is 5.56 Å². The number of carbonyl (C=O) groups is 2. The van der Waals surface area contributed by atoms with Crippen molar-refractivity contribution < 1.29 is 19.4 Å². The molecule has 0 bridgehead atoms. The molecule has 1 aromatic carbocycles. The summed E-state index contributed by atoms with van der Waals surface area (Å²) in [6.45, 7) is 1.95. The van der Waals surface area contributed by atoms with Crippen molar-refractivity contribution in [2.45, 2.75) is 44.4 Å². The highest BCUT2D eigenvalue weighted by Crippen LogP contribution is 2.22. The summed E-state index contributed by atoms with van der Waals surface area (Å²) in [5, 5.41) is 9.60. The van der Waals surface area contributed by atoms with Crippen molar-refractivity contribution in [1.29, 1.82) is 0 Å². The van der Waals surface area contributed by atoms with Crippen molar-refractivity contribution in [2.75, 3.05) is 7.05 Å². The molecule has 0 aliphatic carbocycles. The highest BCUT2D eigenvalue weighted by atomic mass is 35.5. The quantitative estimate of drug-likeness (QED) is 0.902.